The first-order chi connectivity index (χ1) is 12.7. The highest BCUT2D eigenvalue weighted by molar-refractivity contribution is 7.21. The molecule has 0 bridgehead atoms. The molecule has 0 radical (unpaired) electrons. The molecule has 2 aromatic carbocycles. The second-order valence-electron chi connectivity index (χ2n) is 5.99. The smallest absolute Gasteiger partial charge is 0.437 e. The summed E-state index contributed by atoms with van der Waals surface area (Å²) in [5, 5.41) is 1.58. The maximum Gasteiger partial charge on any atom is 0.514 e. The number of ether oxygens (including phenoxy) is 3. The minimum absolute atomic E-state index is 0.532. The van der Waals surface area contributed by atoms with Crippen molar-refractivity contribution in [2.45, 2.75) is 0 Å². The van der Waals surface area contributed by atoms with E-state index in [9.17, 15) is 4.79 Å². The Morgan fingerprint density at radius 1 is 1.12 bits per heavy atom. The van der Waals surface area contributed by atoms with Crippen molar-refractivity contribution in [2.24, 2.45) is 0 Å². The largest absolute Gasteiger partial charge is 0.514 e. The van der Waals surface area contributed by atoms with Crippen LogP contribution in [0, 0.1) is 0 Å². The number of methoxy groups -OCH3 is 1. The summed E-state index contributed by atoms with van der Waals surface area (Å²) in [5.74, 6) is 0. The molecule has 0 spiro atoms. The SMILES string of the molecule is COC(=O)Oc1cc2cccc(-c3ccc(N4CCOCC4)cc3)c2s1. The van der Waals surface area contributed by atoms with Gasteiger partial charge in [-0.05, 0) is 28.6 Å². The van der Waals surface area contributed by atoms with Crippen molar-refractivity contribution >= 4 is 33.3 Å². The molecule has 6 heteroatoms. The molecule has 4 rings (SSSR count). The van der Waals surface area contributed by atoms with E-state index in [1.54, 1.807) is 0 Å². The lowest BCUT2D eigenvalue weighted by atomic mass is 10.0. The standard InChI is InChI=1S/C20H19NO4S/c1-23-20(22)25-18-13-15-3-2-4-17(19(15)26-18)14-5-7-16(8-6-14)21-9-11-24-12-10-21/h2-8,13H,9-12H2,1H3. The number of carbonyl (C=O) groups is 1. The summed E-state index contributed by atoms with van der Waals surface area (Å²) in [5.41, 5.74) is 3.48. The van der Waals surface area contributed by atoms with E-state index in [1.807, 2.05) is 18.2 Å². The molecule has 0 unspecified atom stereocenters. The highest BCUT2D eigenvalue weighted by atomic mass is 32.1. The van der Waals surface area contributed by atoms with E-state index in [0.29, 0.717) is 5.06 Å². The molecule has 1 saturated heterocycles. The fourth-order valence-corrected chi connectivity index (χ4v) is 4.15. The number of thiophene rings is 1. The highest BCUT2D eigenvalue weighted by Gasteiger charge is 2.14. The van der Waals surface area contributed by atoms with Gasteiger partial charge < -0.3 is 19.1 Å². The van der Waals surface area contributed by atoms with Crippen molar-refractivity contribution in [2.75, 3.05) is 38.3 Å². The Hall–Kier alpha value is -2.57. The molecule has 0 amide bonds. The van der Waals surface area contributed by atoms with Crippen LogP contribution in [-0.4, -0.2) is 39.6 Å². The molecule has 26 heavy (non-hydrogen) atoms. The normalized spacial score (nSPS) is 14.4. The van der Waals surface area contributed by atoms with Gasteiger partial charge in [0.25, 0.3) is 0 Å². The number of benzene rings is 2. The van der Waals surface area contributed by atoms with E-state index < -0.39 is 6.16 Å². The highest BCUT2D eigenvalue weighted by Crippen LogP contribution is 2.39. The number of fused-ring (bicyclic) bond motifs is 1. The zero-order valence-electron chi connectivity index (χ0n) is 14.4. The molecule has 0 aliphatic carbocycles. The van der Waals surface area contributed by atoms with Gasteiger partial charge in [-0.3, -0.25) is 0 Å². The van der Waals surface area contributed by atoms with E-state index in [0.717, 1.165) is 47.5 Å². The molecule has 0 N–H and O–H groups in total. The third-order valence-corrected chi connectivity index (χ3v) is 5.49. The Labute approximate surface area is 155 Å². The molecule has 1 aromatic heterocycles. The minimum atomic E-state index is -0.701. The molecule has 3 aromatic rings. The van der Waals surface area contributed by atoms with Gasteiger partial charge in [0, 0.05) is 29.5 Å². The van der Waals surface area contributed by atoms with Gasteiger partial charge in [0.15, 0.2) is 5.06 Å². The monoisotopic (exact) mass is 369 g/mol. The summed E-state index contributed by atoms with van der Waals surface area (Å²) in [7, 11) is 1.30. The van der Waals surface area contributed by atoms with E-state index in [-0.39, 0.29) is 0 Å². The van der Waals surface area contributed by atoms with Crippen molar-refractivity contribution in [3.63, 3.8) is 0 Å². The van der Waals surface area contributed by atoms with Crippen LogP contribution in [-0.2, 0) is 9.47 Å². The van der Waals surface area contributed by atoms with Crippen LogP contribution in [0.2, 0.25) is 0 Å². The van der Waals surface area contributed by atoms with Crippen molar-refractivity contribution < 1.29 is 19.0 Å². The van der Waals surface area contributed by atoms with Crippen molar-refractivity contribution in [1.29, 1.82) is 0 Å². The Morgan fingerprint density at radius 2 is 1.88 bits per heavy atom. The second kappa shape index (κ2) is 7.35. The van der Waals surface area contributed by atoms with Gasteiger partial charge in [0.05, 0.1) is 20.3 Å². The van der Waals surface area contributed by atoms with Crippen LogP contribution in [0.5, 0.6) is 5.06 Å². The number of anilines is 1. The maximum absolute atomic E-state index is 11.3. The van der Waals surface area contributed by atoms with Gasteiger partial charge in [-0.2, -0.15) is 0 Å². The Kier molecular flexibility index (Phi) is 4.77. The van der Waals surface area contributed by atoms with E-state index in [4.69, 9.17) is 9.47 Å². The zero-order chi connectivity index (χ0) is 17.9. The predicted octanol–water partition coefficient (Wildman–Crippen LogP) is 4.55. The van der Waals surface area contributed by atoms with Crippen LogP contribution in [0.15, 0.2) is 48.5 Å². The summed E-state index contributed by atoms with van der Waals surface area (Å²) in [6, 6.07) is 16.6. The fourth-order valence-electron chi connectivity index (χ4n) is 3.11. The fraction of sp³-hybridized carbons (Fsp3) is 0.250. The first-order valence-electron chi connectivity index (χ1n) is 8.46. The summed E-state index contributed by atoms with van der Waals surface area (Å²) < 4.78 is 16.2. The van der Waals surface area contributed by atoms with Gasteiger partial charge >= 0.3 is 6.16 Å². The molecule has 0 atom stereocenters. The van der Waals surface area contributed by atoms with Crippen LogP contribution in [0.4, 0.5) is 10.5 Å². The third-order valence-electron chi connectivity index (χ3n) is 4.43. The van der Waals surface area contributed by atoms with E-state index >= 15 is 0 Å². The van der Waals surface area contributed by atoms with Gasteiger partial charge in [0.1, 0.15) is 0 Å². The summed E-state index contributed by atoms with van der Waals surface area (Å²) in [6.45, 7) is 3.40. The molecule has 1 fully saturated rings. The Balaban J connectivity index is 1.64. The lowest BCUT2D eigenvalue weighted by molar-refractivity contribution is 0.122. The van der Waals surface area contributed by atoms with Crippen LogP contribution in [0.1, 0.15) is 0 Å². The first kappa shape index (κ1) is 16.9. The van der Waals surface area contributed by atoms with Crippen molar-refractivity contribution in [3.05, 3.63) is 48.5 Å². The molecule has 0 saturated carbocycles. The number of nitrogens with zero attached hydrogens (tertiary/aromatic N) is 1. The molecule has 5 nitrogen and oxygen atoms in total. The van der Waals surface area contributed by atoms with Crippen LogP contribution in [0.3, 0.4) is 0 Å². The number of hydrogen-bond acceptors (Lipinski definition) is 6. The number of hydrogen-bond donors (Lipinski definition) is 0. The van der Waals surface area contributed by atoms with Gasteiger partial charge in [0.2, 0.25) is 0 Å². The number of rotatable bonds is 3. The summed E-state index contributed by atoms with van der Waals surface area (Å²) >= 11 is 1.44. The summed E-state index contributed by atoms with van der Waals surface area (Å²) in [4.78, 5) is 13.7. The quantitative estimate of drug-likeness (QED) is 0.634. The average Bonchev–Trinajstić information content (AvgIpc) is 3.11. The lowest BCUT2D eigenvalue weighted by Gasteiger charge is -2.28. The van der Waals surface area contributed by atoms with Gasteiger partial charge in [-0.25, -0.2) is 4.79 Å². The average molecular weight is 369 g/mol. The van der Waals surface area contributed by atoms with Crippen LogP contribution >= 0.6 is 11.3 Å². The Bertz CT molecular complexity index is 913. The Morgan fingerprint density at radius 3 is 2.62 bits per heavy atom. The molecule has 134 valence electrons. The van der Waals surface area contributed by atoms with E-state index in [2.05, 4.69) is 40.0 Å². The van der Waals surface area contributed by atoms with Crippen LogP contribution < -0.4 is 9.64 Å². The van der Waals surface area contributed by atoms with Crippen LogP contribution in [0.25, 0.3) is 21.2 Å². The molecule has 1 aliphatic heterocycles. The number of carbonyl (C=O) groups excluding carboxylic acids is 1. The zero-order valence-corrected chi connectivity index (χ0v) is 15.3. The lowest BCUT2D eigenvalue weighted by Crippen LogP contribution is -2.36. The molecular weight excluding hydrogens is 350 g/mol. The van der Waals surface area contributed by atoms with Gasteiger partial charge in [-0.1, -0.05) is 41.7 Å². The molecule has 1 aliphatic rings. The second-order valence-corrected chi connectivity index (χ2v) is 7.01. The van der Waals surface area contributed by atoms with Crippen molar-refractivity contribution in [3.8, 4) is 16.2 Å². The molecular formula is C20H19NO4S. The number of morpholine rings is 1. The predicted molar refractivity (Wildman–Crippen MR) is 103 cm³/mol. The van der Waals surface area contributed by atoms with Gasteiger partial charge in [-0.15, -0.1) is 0 Å². The van der Waals surface area contributed by atoms with E-state index in [1.165, 1.54) is 24.1 Å². The molecule has 2 heterocycles. The summed E-state index contributed by atoms with van der Waals surface area (Å²) in [6.07, 6.45) is -0.701. The topological polar surface area (TPSA) is 48.0 Å². The first-order valence-corrected chi connectivity index (χ1v) is 9.28. The third kappa shape index (κ3) is 3.38. The minimum Gasteiger partial charge on any atom is -0.437 e. The maximum atomic E-state index is 11.3. The van der Waals surface area contributed by atoms with Crippen molar-refractivity contribution in [1.82, 2.24) is 0 Å².